The van der Waals surface area contributed by atoms with E-state index < -0.39 is 0 Å². The lowest BCUT2D eigenvalue weighted by Gasteiger charge is -2.30. The van der Waals surface area contributed by atoms with Gasteiger partial charge in [0.15, 0.2) is 0 Å². The van der Waals surface area contributed by atoms with Crippen LogP contribution in [0.15, 0.2) is 42.5 Å². The lowest BCUT2D eigenvalue weighted by atomic mass is 9.99. The topological polar surface area (TPSA) is 49.4 Å². The van der Waals surface area contributed by atoms with Crippen LogP contribution in [0.4, 0.5) is 11.4 Å². The van der Waals surface area contributed by atoms with Gasteiger partial charge in [-0.2, -0.15) is 0 Å². The van der Waals surface area contributed by atoms with Crippen LogP contribution < -0.4 is 10.2 Å². The average molecular weight is 379 g/mol. The molecule has 1 N–H and O–H groups in total. The molecule has 0 bridgehead atoms. The lowest BCUT2D eigenvalue weighted by molar-refractivity contribution is -0.118. The molecule has 0 unspecified atom stereocenters. The van der Waals surface area contributed by atoms with Crippen molar-refractivity contribution in [3.63, 3.8) is 0 Å². The van der Waals surface area contributed by atoms with E-state index >= 15 is 0 Å². The predicted octanol–water partition coefficient (Wildman–Crippen LogP) is 5.22. The third-order valence-electron chi connectivity index (χ3n) is 5.22. The Morgan fingerprint density at radius 2 is 1.86 bits per heavy atom. The first-order valence-electron chi connectivity index (χ1n) is 10.3. The molecule has 0 radical (unpaired) electrons. The van der Waals surface area contributed by atoms with E-state index in [1.807, 2.05) is 47.4 Å². The lowest BCUT2D eigenvalue weighted by Crippen LogP contribution is -2.36. The highest BCUT2D eigenvalue weighted by Gasteiger charge is 2.24. The molecular weight excluding hydrogens is 348 g/mol. The Morgan fingerprint density at radius 1 is 1.11 bits per heavy atom. The van der Waals surface area contributed by atoms with Crippen LogP contribution in [0.2, 0.25) is 0 Å². The summed E-state index contributed by atoms with van der Waals surface area (Å²) in [4.78, 5) is 26.8. The molecule has 0 atom stereocenters. The zero-order valence-corrected chi connectivity index (χ0v) is 17.1. The van der Waals surface area contributed by atoms with E-state index in [1.165, 1.54) is 5.56 Å². The second kappa shape index (κ2) is 9.05. The summed E-state index contributed by atoms with van der Waals surface area (Å²) in [5, 5.41) is 2.99. The molecule has 28 heavy (non-hydrogen) atoms. The molecule has 0 fully saturated rings. The van der Waals surface area contributed by atoms with Gasteiger partial charge in [-0.05, 0) is 66.6 Å². The Bertz CT molecular complexity index is 840. The SMILES string of the molecule is CCCc1ccc(C(=O)Nc2ccc3c(c2)CCC(=O)N3CCC(C)C)cc1. The summed E-state index contributed by atoms with van der Waals surface area (Å²) >= 11 is 0. The molecule has 1 aliphatic heterocycles. The summed E-state index contributed by atoms with van der Waals surface area (Å²) in [5.74, 6) is 0.643. The minimum atomic E-state index is -0.105. The van der Waals surface area contributed by atoms with Crippen molar-refractivity contribution in [2.24, 2.45) is 5.92 Å². The fourth-order valence-electron chi connectivity index (χ4n) is 3.58. The Morgan fingerprint density at radius 3 is 2.54 bits per heavy atom. The van der Waals surface area contributed by atoms with E-state index in [0.29, 0.717) is 17.9 Å². The minimum Gasteiger partial charge on any atom is -0.322 e. The number of aryl methyl sites for hydroxylation is 2. The summed E-state index contributed by atoms with van der Waals surface area (Å²) in [6, 6.07) is 13.7. The van der Waals surface area contributed by atoms with E-state index in [4.69, 9.17) is 0 Å². The van der Waals surface area contributed by atoms with Gasteiger partial charge in [0.2, 0.25) is 5.91 Å². The van der Waals surface area contributed by atoms with Crippen LogP contribution in [0, 0.1) is 5.92 Å². The van der Waals surface area contributed by atoms with E-state index in [1.54, 1.807) is 0 Å². The minimum absolute atomic E-state index is 0.105. The van der Waals surface area contributed by atoms with Crippen LogP contribution in [0.3, 0.4) is 0 Å². The van der Waals surface area contributed by atoms with E-state index in [0.717, 1.165) is 49.2 Å². The highest BCUT2D eigenvalue weighted by molar-refractivity contribution is 6.04. The number of benzene rings is 2. The molecule has 1 heterocycles. The summed E-state index contributed by atoms with van der Waals surface area (Å²) in [5.41, 5.74) is 4.79. The monoisotopic (exact) mass is 378 g/mol. The van der Waals surface area contributed by atoms with Crippen molar-refractivity contribution in [3.05, 3.63) is 59.2 Å². The first-order chi connectivity index (χ1) is 13.5. The van der Waals surface area contributed by atoms with E-state index in [9.17, 15) is 9.59 Å². The number of nitrogens with one attached hydrogen (secondary N) is 1. The van der Waals surface area contributed by atoms with Crippen LogP contribution in [0.25, 0.3) is 0 Å². The zero-order valence-electron chi connectivity index (χ0n) is 17.1. The van der Waals surface area contributed by atoms with Gasteiger partial charge in [-0.15, -0.1) is 0 Å². The van der Waals surface area contributed by atoms with Crippen molar-refractivity contribution < 1.29 is 9.59 Å². The molecule has 4 nitrogen and oxygen atoms in total. The van der Waals surface area contributed by atoms with Crippen LogP contribution in [0.5, 0.6) is 0 Å². The number of hydrogen-bond acceptors (Lipinski definition) is 2. The Hall–Kier alpha value is -2.62. The number of fused-ring (bicyclic) bond motifs is 1. The molecule has 1 aliphatic rings. The number of hydrogen-bond donors (Lipinski definition) is 1. The molecule has 0 saturated carbocycles. The van der Waals surface area contributed by atoms with Crippen molar-refractivity contribution >= 4 is 23.2 Å². The van der Waals surface area contributed by atoms with Gasteiger partial charge in [-0.1, -0.05) is 39.3 Å². The maximum absolute atomic E-state index is 12.6. The third kappa shape index (κ3) is 4.80. The third-order valence-corrected chi connectivity index (χ3v) is 5.22. The molecule has 2 aromatic rings. The fraction of sp³-hybridized carbons (Fsp3) is 0.417. The molecule has 3 rings (SSSR count). The van der Waals surface area contributed by atoms with Crippen LogP contribution in [0.1, 0.15) is 61.5 Å². The molecule has 0 spiro atoms. The van der Waals surface area contributed by atoms with Crippen molar-refractivity contribution in [1.29, 1.82) is 0 Å². The van der Waals surface area contributed by atoms with Crippen LogP contribution in [-0.2, 0) is 17.6 Å². The summed E-state index contributed by atoms with van der Waals surface area (Å²) < 4.78 is 0. The quantitative estimate of drug-likeness (QED) is 0.718. The molecule has 0 aromatic heterocycles. The van der Waals surface area contributed by atoms with Crippen molar-refractivity contribution in [1.82, 2.24) is 0 Å². The second-order valence-corrected chi connectivity index (χ2v) is 7.97. The number of nitrogens with zero attached hydrogens (tertiary/aromatic N) is 1. The van der Waals surface area contributed by atoms with Gasteiger partial charge in [-0.25, -0.2) is 0 Å². The largest absolute Gasteiger partial charge is 0.322 e. The standard InChI is InChI=1S/C24H30N2O2/c1-4-5-18-6-8-19(9-7-18)24(28)25-21-11-12-22-20(16-21)10-13-23(27)26(22)15-14-17(2)3/h6-9,11-12,16-17H,4-5,10,13-15H2,1-3H3,(H,25,28). The van der Waals surface area contributed by atoms with Crippen molar-refractivity contribution in [2.75, 3.05) is 16.8 Å². The molecule has 0 saturated heterocycles. The van der Waals surface area contributed by atoms with Crippen molar-refractivity contribution in [3.8, 4) is 0 Å². The molecule has 4 heteroatoms. The average Bonchev–Trinajstić information content (AvgIpc) is 2.68. The van der Waals surface area contributed by atoms with Gasteiger partial charge in [0, 0.05) is 29.9 Å². The number of carbonyl (C=O) groups excluding carboxylic acids is 2. The van der Waals surface area contributed by atoms with E-state index in [2.05, 4.69) is 26.1 Å². The Labute approximate surface area is 167 Å². The van der Waals surface area contributed by atoms with Gasteiger partial charge >= 0.3 is 0 Å². The summed E-state index contributed by atoms with van der Waals surface area (Å²) in [6.07, 6.45) is 4.36. The van der Waals surface area contributed by atoms with Crippen LogP contribution in [-0.4, -0.2) is 18.4 Å². The number of carbonyl (C=O) groups is 2. The van der Waals surface area contributed by atoms with Gasteiger partial charge < -0.3 is 10.2 Å². The Balaban J connectivity index is 1.72. The second-order valence-electron chi connectivity index (χ2n) is 7.97. The van der Waals surface area contributed by atoms with Crippen molar-refractivity contribution in [2.45, 2.75) is 52.9 Å². The number of anilines is 2. The maximum atomic E-state index is 12.6. The Kier molecular flexibility index (Phi) is 6.50. The predicted molar refractivity (Wildman–Crippen MR) is 115 cm³/mol. The molecule has 0 aliphatic carbocycles. The van der Waals surface area contributed by atoms with Gasteiger partial charge in [0.05, 0.1) is 0 Å². The zero-order chi connectivity index (χ0) is 20.1. The van der Waals surface area contributed by atoms with Gasteiger partial charge in [0.1, 0.15) is 0 Å². The highest BCUT2D eigenvalue weighted by Crippen LogP contribution is 2.31. The summed E-state index contributed by atoms with van der Waals surface area (Å²) in [6.45, 7) is 7.24. The van der Waals surface area contributed by atoms with Gasteiger partial charge in [-0.3, -0.25) is 9.59 Å². The van der Waals surface area contributed by atoms with Gasteiger partial charge in [0.25, 0.3) is 5.91 Å². The molecule has 2 aromatic carbocycles. The van der Waals surface area contributed by atoms with E-state index in [-0.39, 0.29) is 11.8 Å². The molecule has 2 amide bonds. The normalized spacial score (nSPS) is 13.6. The number of rotatable bonds is 7. The molecular formula is C24H30N2O2. The first-order valence-corrected chi connectivity index (χ1v) is 10.3. The summed E-state index contributed by atoms with van der Waals surface area (Å²) in [7, 11) is 0. The molecule has 148 valence electrons. The van der Waals surface area contributed by atoms with Crippen LogP contribution >= 0.6 is 0 Å². The number of amides is 2. The first kappa shape index (κ1) is 20.1. The maximum Gasteiger partial charge on any atom is 0.255 e. The fourth-order valence-corrected chi connectivity index (χ4v) is 3.58. The highest BCUT2D eigenvalue weighted by atomic mass is 16.2. The smallest absolute Gasteiger partial charge is 0.255 e.